The molecule has 0 spiro atoms. The molecule has 0 N–H and O–H groups in total. The number of ketones is 1. The molecule has 2 heterocycles. The molecule has 0 aliphatic carbocycles. The molecule has 0 unspecified atom stereocenters. The summed E-state index contributed by atoms with van der Waals surface area (Å²) in [6, 6.07) is 0. The minimum Gasteiger partial charge on any atom is -0.333 e. The number of Topliss-reactive ketones (excluding diaryl/α,β-unsaturated/α-hetero) is 1. The van der Waals surface area contributed by atoms with Gasteiger partial charge in [-0.2, -0.15) is 0 Å². The molecular formula is C12H17N3O. The van der Waals surface area contributed by atoms with Crippen LogP contribution in [-0.2, 0) is 11.2 Å². The van der Waals surface area contributed by atoms with Crippen molar-refractivity contribution < 1.29 is 4.79 Å². The van der Waals surface area contributed by atoms with Gasteiger partial charge < -0.3 is 4.90 Å². The summed E-state index contributed by atoms with van der Waals surface area (Å²) in [5.74, 6) is 0.973. The van der Waals surface area contributed by atoms with Crippen molar-refractivity contribution in [2.75, 3.05) is 18.0 Å². The van der Waals surface area contributed by atoms with Crippen LogP contribution in [0.2, 0.25) is 0 Å². The molecule has 1 aliphatic heterocycles. The Morgan fingerprint density at radius 1 is 1.38 bits per heavy atom. The zero-order chi connectivity index (χ0) is 11.4. The third-order valence-corrected chi connectivity index (χ3v) is 2.76. The summed E-state index contributed by atoms with van der Waals surface area (Å²) in [6.07, 6.45) is 7.46. The van der Waals surface area contributed by atoms with Crippen molar-refractivity contribution in [3.8, 4) is 0 Å². The summed E-state index contributed by atoms with van der Waals surface area (Å²) >= 11 is 0. The van der Waals surface area contributed by atoms with Crippen molar-refractivity contribution in [3.63, 3.8) is 0 Å². The third kappa shape index (κ3) is 2.56. The molecule has 1 fully saturated rings. The van der Waals surface area contributed by atoms with Crippen LogP contribution in [0.3, 0.4) is 0 Å². The summed E-state index contributed by atoms with van der Waals surface area (Å²) in [7, 11) is 0. The van der Waals surface area contributed by atoms with Crippen LogP contribution in [0.15, 0.2) is 12.4 Å². The summed E-state index contributed by atoms with van der Waals surface area (Å²) in [4.78, 5) is 21.9. The largest absolute Gasteiger partial charge is 0.333 e. The first-order valence-corrected chi connectivity index (χ1v) is 5.87. The number of aryl methyl sites for hydroxylation is 1. The van der Waals surface area contributed by atoms with E-state index >= 15 is 0 Å². The van der Waals surface area contributed by atoms with Crippen LogP contribution in [0.4, 0.5) is 5.95 Å². The number of carbonyl (C=O) groups is 1. The molecule has 86 valence electrons. The Morgan fingerprint density at radius 3 is 2.75 bits per heavy atom. The van der Waals surface area contributed by atoms with Gasteiger partial charge in [-0.3, -0.25) is 4.79 Å². The van der Waals surface area contributed by atoms with Gasteiger partial charge in [0.1, 0.15) is 0 Å². The van der Waals surface area contributed by atoms with E-state index in [1.165, 1.54) is 0 Å². The number of piperidine rings is 1. The average Bonchev–Trinajstić information content (AvgIpc) is 2.30. The number of aromatic nitrogens is 2. The lowest BCUT2D eigenvalue weighted by Gasteiger charge is -2.25. The molecule has 0 radical (unpaired) electrons. The molecule has 1 saturated heterocycles. The maximum atomic E-state index is 11.3. The first-order chi connectivity index (χ1) is 7.79. The molecule has 0 amide bonds. The van der Waals surface area contributed by atoms with Gasteiger partial charge in [0.15, 0.2) is 5.78 Å². The first-order valence-electron chi connectivity index (χ1n) is 5.87. The van der Waals surface area contributed by atoms with Crippen molar-refractivity contribution in [2.45, 2.75) is 32.6 Å². The van der Waals surface area contributed by atoms with E-state index in [9.17, 15) is 4.79 Å². The Balaban J connectivity index is 2.05. The maximum absolute atomic E-state index is 11.3. The predicted octanol–water partition coefficient (Wildman–Crippen LogP) is 1.60. The fourth-order valence-corrected chi connectivity index (χ4v) is 1.94. The molecule has 2 rings (SSSR count). The van der Waals surface area contributed by atoms with Crippen molar-refractivity contribution in [1.29, 1.82) is 0 Å². The Hall–Kier alpha value is -1.45. The first kappa shape index (κ1) is 11.0. The highest BCUT2D eigenvalue weighted by Gasteiger charge is 2.18. The van der Waals surface area contributed by atoms with E-state index in [0.717, 1.165) is 31.4 Å². The molecule has 16 heavy (non-hydrogen) atoms. The van der Waals surface area contributed by atoms with Crippen molar-refractivity contribution >= 4 is 11.7 Å². The van der Waals surface area contributed by atoms with Gasteiger partial charge in [0, 0.05) is 25.4 Å². The normalized spacial score (nSPS) is 16.6. The summed E-state index contributed by atoms with van der Waals surface area (Å²) in [5, 5.41) is 0. The van der Waals surface area contributed by atoms with Crippen LogP contribution in [0, 0.1) is 0 Å². The second kappa shape index (κ2) is 5.05. The fourth-order valence-electron chi connectivity index (χ4n) is 1.94. The predicted molar refractivity (Wildman–Crippen MR) is 62.5 cm³/mol. The van der Waals surface area contributed by atoms with Crippen LogP contribution < -0.4 is 4.90 Å². The van der Waals surface area contributed by atoms with E-state index in [1.807, 2.05) is 17.3 Å². The second-order valence-corrected chi connectivity index (χ2v) is 4.21. The lowest BCUT2D eigenvalue weighted by Crippen LogP contribution is -2.36. The van der Waals surface area contributed by atoms with Crippen LogP contribution in [0.25, 0.3) is 0 Å². The maximum Gasteiger partial charge on any atom is 0.225 e. The lowest BCUT2D eigenvalue weighted by atomic mass is 10.1. The monoisotopic (exact) mass is 219 g/mol. The van der Waals surface area contributed by atoms with Crippen LogP contribution in [0.1, 0.15) is 31.7 Å². The van der Waals surface area contributed by atoms with Crippen molar-refractivity contribution in [3.05, 3.63) is 18.0 Å². The quantitative estimate of drug-likeness (QED) is 0.774. The van der Waals surface area contributed by atoms with E-state index < -0.39 is 0 Å². The van der Waals surface area contributed by atoms with Gasteiger partial charge in [-0.05, 0) is 18.4 Å². The molecule has 0 aromatic carbocycles. The van der Waals surface area contributed by atoms with Crippen molar-refractivity contribution in [2.24, 2.45) is 0 Å². The van der Waals surface area contributed by atoms with Gasteiger partial charge in [0.05, 0.1) is 6.54 Å². The fraction of sp³-hybridized carbons (Fsp3) is 0.583. The average molecular weight is 219 g/mol. The molecule has 0 bridgehead atoms. The SMILES string of the molecule is CCCc1cnc(N2CCCC(=O)C2)nc1. The molecule has 1 aliphatic rings. The standard InChI is InChI=1S/C12H17N3O/c1-2-4-10-7-13-12(14-8-10)15-6-3-5-11(16)9-15/h7-8H,2-6,9H2,1H3. The Kier molecular flexibility index (Phi) is 3.49. The number of nitrogens with zero attached hydrogens (tertiary/aromatic N) is 3. The number of carbonyl (C=O) groups excluding carboxylic acids is 1. The third-order valence-electron chi connectivity index (χ3n) is 2.76. The van der Waals surface area contributed by atoms with Gasteiger partial charge in [0.2, 0.25) is 5.95 Å². The zero-order valence-corrected chi connectivity index (χ0v) is 9.65. The molecular weight excluding hydrogens is 202 g/mol. The van der Waals surface area contributed by atoms with Crippen LogP contribution in [-0.4, -0.2) is 28.8 Å². The van der Waals surface area contributed by atoms with Gasteiger partial charge >= 0.3 is 0 Å². The minimum absolute atomic E-state index is 0.285. The molecule has 0 atom stereocenters. The number of rotatable bonds is 3. The molecule has 4 nitrogen and oxygen atoms in total. The van der Waals surface area contributed by atoms with Crippen LogP contribution >= 0.6 is 0 Å². The highest BCUT2D eigenvalue weighted by molar-refractivity contribution is 5.84. The Bertz CT molecular complexity index is 361. The van der Waals surface area contributed by atoms with E-state index in [-0.39, 0.29) is 5.78 Å². The van der Waals surface area contributed by atoms with Crippen LogP contribution in [0.5, 0.6) is 0 Å². The minimum atomic E-state index is 0.285. The molecule has 4 heteroatoms. The Labute approximate surface area is 95.7 Å². The molecule has 1 aromatic rings. The summed E-state index contributed by atoms with van der Waals surface area (Å²) < 4.78 is 0. The van der Waals surface area contributed by atoms with Gasteiger partial charge in [0.25, 0.3) is 0 Å². The highest BCUT2D eigenvalue weighted by atomic mass is 16.1. The second-order valence-electron chi connectivity index (χ2n) is 4.21. The van der Waals surface area contributed by atoms with Crippen molar-refractivity contribution in [1.82, 2.24) is 9.97 Å². The van der Waals surface area contributed by atoms with Gasteiger partial charge in [-0.15, -0.1) is 0 Å². The van der Waals surface area contributed by atoms with Gasteiger partial charge in [-0.25, -0.2) is 9.97 Å². The molecule has 1 aromatic heterocycles. The smallest absolute Gasteiger partial charge is 0.225 e. The number of anilines is 1. The van der Waals surface area contributed by atoms with E-state index in [2.05, 4.69) is 16.9 Å². The number of hydrogen-bond acceptors (Lipinski definition) is 4. The van der Waals surface area contributed by atoms with E-state index in [4.69, 9.17) is 0 Å². The van der Waals surface area contributed by atoms with E-state index in [1.54, 1.807) is 0 Å². The number of hydrogen-bond donors (Lipinski definition) is 0. The Morgan fingerprint density at radius 2 is 2.12 bits per heavy atom. The zero-order valence-electron chi connectivity index (χ0n) is 9.65. The molecule has 0 saturated carbocycles. The van der Waals surface area contributed by atoms with Gasteiger partial charge in [-0.1, -0.05) is 13.3 Å². The van der Waals surface area contributed by atoms with E-state index in [0.29, 0.717) is 18.9 Å². The lowest BCUT2D eigenvalue weighted by molar-refractivity contribution is -0.118. The summed E-state index contributed by atoms with van der Waals surface area (Å²) in [6.45, 7) is 3.49. The summed E-state index contributed by atoms with van der Waals surface area (Å²) in [5.41, 5.74) is 1.16. The highest BCUT2D eigenvalue weighted by Crippen LogP contribution is 2.13. The topological polar surface area (TPSA) is 46.1 Å².